The molecule has 1 atom stereocenters. The minimum atomic E-state index is -4.55. The van der Waals surface area contributed by atoms with Gasteiger partial charge in [-0.1, -0.05) is 5.16 Å². The summed E-state index contributed by atoms with van der Waals surface area (Å²) in [5.74, 6) is 0.445. The van der Waals surface area contributed by atoms with Crippen LogP contribution >= 0.6 is 11.8 Å². The number of rotatable bonds is 5. The van der Waals surface area contributed by atoms with E-state index in [0.29, 0.717) is 5.75 Å². The summed E-state index contributed by atoms with van der Waals surface area (Å²) in [6.07, 6.45) is -2.66. The Bertz CT molecular complexity index is 522. The van der Waals surface area contributed by atoms with E-state index >= 15 is 0 Å². The zero-order valence-electron chi connectivity index (χ0n) is 11.8. The van der Waals surface area contributed by atoms with E-state index in [1.54, 1.807) is 23.7 Å². The number of oxime groups is 1. The van der Waals surface area contributed by atoms with Crippen molar-refractivity contribution >= 4 is 23.4 Å². The quantitative estimate of drug-likeness (QED) is 0.377. The third-order valence-electron chi connectivity index (χ3n) is 2.95. The number of nitrogens with zero attached hydrogens (tertiary/aromatic N) is 3. The van der Waals surface area contributed by atoms with Crippen molar-refractivity contribution in [2.24, 2.45) is 10.9 Å². The van der Waals surface area contributed by atoms with Gasteiger partial charge in [-0.2, -0.15) is 24.9 Å². The van der Waals surface area contributed by atoms with Gasteiger partial charge in [0.25, 0.3) is 0 Å². The highest BCUT2D eigenvalue weighted by Crippen LogP contribution is 2.31. The summed E-state index contributed by atoms with van der Waals surface area (Å²) in [6.45, 7) is 1.86. The van der Waals surface area contributed by atoms with Crippen LogP contribution in [0.5, 0.6) is 0 Å². The molecule has 0 aliphatic carbocycles. The van der Waals surface area contributed by atoms with Crippen LogP contribution in [-0.4, -0.2) is 41.1 Å². The SMILES string of the molecule is CSCC(C)N(C)c1nc(C(F)(F)F)ccc1/C(N)=N/O. The van der Waals surface area contributed by atoms with Crippen LogP contribution in [0, 0.1) is 0 Å². The van der Waals surface area contributed by atoms with Gasteiger partial charge in [-0.3, -0.25) is 0 Å². The zero-order valence-corrected chi connectivity index (χ0v) is 12.7. The number of pyridine rings is 1. The third-order valence-corrected chi connectivity index (χ3v) is 3.77. The third kappa shape index (κ3) is 4.16. The van der Waals surface area contributed by atoms with E-state index in [-0.39, 0.29) is 23.3 Å². The van der Waals surface area contributed by atoms with Crippen LogP contribution < -0.4 is 10.6 Å². The lowest BCUT2D eigenvalue weighted by molar-refractivity contribution is -0.141. The lowest BCUT2D eigenvalue weighted by atomic mass is 10.2. The normalized spacial score (nSPS) is 14.1. The van der Waals surface area contributed by atoms with Crippen molar-refractivity contribution in [1.82, 2.24) is 4.98 Å². The molecule has 1 unspecified atom stereocenters. The molecule has 0 fully saturated rings. The van der Waals surface area contributed by atoms with Crippen LogP contribution in [0.25, 0.3) is 0 Å². The average Bonchev–Trinajstić information content (AvgIpc) is 2.44. The van der Waals surface area contributed by atoms with Gasteiger partial charge in [0.05, 0.1) is 5.56 Å². The number of hydrogen-bond donors (Lipinski definition) is 2. The number of aromatic nitrogens is 1. The molecular formula is C12H17F3N4OS. The summed E-state index contributed by atoms with van der Waals surface area (Å²) < 4.78 is 38.4. The first-order chi connectivity index (χ1) is 9.72. The van der Waals surface area contributed by atoms with Crippen molar-refractivity contribution in [2.45, 2.75) is 19.1 Å². The molecule has 118 valence electrons. The van der Waals surface area contributed by atoms with E-state index in [9.17, 15) is 13.2 Å². The van der Waals surface area contributed by atoms with Crippen LogP contribution in [0.3, 0.4) is 0 Å². The summed E-state index contributed by atoms with van der Waals surface area (Å²) in [5.41, 5.74) is 4.65. The Labute approximate surface area is 125 Å². The Balaban J connectivity index is 3.35. The fourth-order valence-corrected chi connectivity index (χ4v) is 2.40. The maximum atomic E-state index is 12.8. The Kier molecular flexibility index (Phi) is 5.70. The lowest BCUT2D eigenvalue weighted by Crippen LogP contribution is -2.34. The summed E-state index contributed by atoms with van der Waals surface area (Å²) in [5, 5.41) is 11.6. The molecule has 0 aliphatic rings. The number of halogens is 3. The van der Waals surface area contributed by atoms with E-state index in [4.69, 9.17) is 10.9 Å². The second-order valence-corrected chi connectivity index (χ2v) is 5.38. The Morgan fingerprint density at radius 1 is 1.52 bits per heavy atom. The highest BCUT2D eigenvalue weighted by Gasteiger charge is 2.34. The van der Waals surface area contributed by atoms with Gasteiger partial charge in [-0.25, -0.2) is 4.98 Å². The first kappa shape index (κ1) is 17.4. The minimum absolute atomic E-state index is 0.0293. The molecule has 0 saturated heterocycles. The average molecular weight is 322 g/mol. The number of anilines is 1. The van der Waals surface area contributed by atoms with E-state index < -0.39 is 11.9 Å². The van der Waals surface area contributed by atoms with Gasteiger partial charge in [0.15, 0.2) is 5.84 Å². The minimum Gasteiger partial charge on any atom is -0.409 e. The molecular weight excluding hydrogens is 305 g/mol. The highest BCUT2D eigenvalue weighted by atomic mass is 32.2. The second kappa shape index (κ2) is 6.88. The zero-order chi connectivity index (χ0) is 16.2. The Hall–Kier alpha value is -1.64. The summed E-state index contributed by atoms with van der Waals surface area (Å²) in [6, 6.07) is 1.90. The molecule has 1 rings (SSSR count). The van der Waals surface area contributed by atoms with Crippen molar-refractivity contribution in [3.63, 3.8) is 0 Å². The van der Waals surface area contributed by atoms with Gasteiger partial charge in [0.1, 0.15) is 11.5 Å². The molecule has 3 N–H and O–H groups in total. The smallest absolute Gasteiger partial charge is 0.409 e. The van der Waals surface area contributed by atoms with Crippen LogP contribution in [-0.2, 0) is 6.18 Å². The maximum Gasteiger partial charge on any atom is 0.433 e. The molecule has 1 aromatic rings. The fourth-order valence-electron chi connectivity index (χ4n) is 1.69. The molecule has 0 radical (unpaired) electrons. The van der Waals surface area contributed by atoms with Crippen molar-refractivity contribution < 1.29 is 18.4 Å². The standard InChI is InChI=1S/C12H17F3N4OS/c1-7(6-21-3)19(2)11-8(10(16)18-20)4-5-9(17-11)12(13,14)15/h4-5,7,20H,6H2,1-3H3,(H2,16,18). The topological polar surface area (TPSA) is 74.7 Å². The number of alkyl halides is 3. The summed E-state index contributed by atoms with van der Waals surface area (Å²) in [4.78, 5) is 5.22. The summed E-state index contributed by atoms with van der Waals surface area (Å²) in [7, 11) is 1.62. The Morgan fingerprint density at radius 3 is 2.62 bits per heavy atom. The van der Waals surface area contributed by atoms with Crippen LogP contribution in [0.4, 0.5) is 19.0 Å². The molecule has 21 heavy (non-hydrogen) atoms. The molecule has 0 aromatic carbocycles. The van der Waals surface area contributed by atoms with Gasteiger partial charge in [0.2, 0.25) is 0 Å². The van der Waals surface area contributed by atoms with Crippen LogP contribution in [0.15, 0.2) is 17.3 Å². The van der Waals surface area contributed by atoms with Crippen molar-refractivity contribution in [3.8, 4) is 0 Å². The monoisotopic (exact) mass is 322 g/mol. The number of hydrogen-bond acceptors (Lipinski definition) is 5. The lowest BCUT2D eigenvalue weighted by Gasteiger charge is -2.27. The van der Waals surface area contributed by atoms with Gasteiger partial charge in [-0.15, -0.1) is 0 Å². The molecule has 0 bridgehead atoms. The molecule has 0 spiro atoms. The van der Waals surface area contributed by atoms with Gasteiger partial charge < -0.3 is 15.8 Å². The van der Waals surface area contributed by atoms with E-state index in [1.165, 1.54) is 0 Å². The number of thioether (sulfide) groups is 1. The molecule has 1 aromatic heterocycles. The van der Waals surface area contributed by atoms with Gasteiger partial charge in [-0.05, 0) is 25.3 Å². The predicted molar refractivity (Wildman–Crippen MR) is 78.0 cm³/mol. The van der Waals surface area contributed by atoms with E-state index in [1.807, 2.05) is 13.2 Å². The van der Waals surface area contributed by atoms with E-state index in [0.717, 1.165) is 12.1 Å². The van der Waals surface area contributed by atoms with Gasteiger partial charge in [0, 0.05) is 18.8 Å². The van der Waals surface area contributed by atoms with Crippen molar-refractivity contribution in [3.05, 3.63) is 23.4 Å². The van der Waals surface area contributed by atoms with Crippen LogP contribution in [0.2, 0.25) is 0 Å². The predicted octanol–water partition coefficient (Wildman–Crippen LogP) is 2.38. The second-order valence-electron chi connectivity index (χ2n) is 4.47. The van der Waals surface area contributed by atoms with Crippen molar-refractivity contribution in [1.29, 1.82) is 0 Å². The largest absolute Gasteiger partial charge is 0.433 e. The molecule has 0 saturated carbocycles. The van der Waals surface area contributed by atoms with Gasteiger partial charge >= 0.3 is 6.18 Å². The fraction of sp³-hybridized carbons (Fsp3) is 0.500. The highest BCUT2D eigenvalue weighted by molar-refractivity contribution is 7.98. The maximum absolute atomic E-state index is 12.8. The summed E-state index contributed by atoms with van der Waals surface area (Å²) >= 11 is 1.56. The number of nitrogens with two attached hydrogens (primary N) is 1. The number of amidine groups is 1. The Morgan fingerprint density at radius 2 is 2.14 bits per heavy atom. The molecule has 0 amide bonds. The molecule has 0 aliphatic heterocycles. The molecule has 9 heteroatoms. The van der Waals surface area contributed by atoms with E-state index in [2.05, 4.69) is 10.1 Å². The van der Waals surface area contributed by atoms with Crippen molar-refractivity contribution in [2.75, 3.05) is 24.0 Å². The first-order valence-electron chi connectivity index (χ1n) is 6.00. The molecule has 1 heterocycles. The van der Waals surface area contributed by atoms with Crippen LogP contribution in [0.1, 0.15) is 18.2 Å². The first-order valence-corrected chi connectivity index (χ1v) is 7.39. The molecule has 5 nitrogen and oxygen atoms in total.